The minimum absolute atomic E-state index is 0.209. The molecular weight excluding hydrogens is 340 g/mol. The second kappa shape index (κ2) is 8.20. The van der Waals surface area contributed by atoms with E-state index in [0.29, 0.717) is 24.7 Å². The number of benzene rings is 1. The number of hydrogen-bond acceptors (Lipinski definition) is 4. The van der Waals surface area contributed by atoms with Gasteiger partial charge in [0.05, 0.1) is 0 Å². The molecule has 0 radical (unpaired) electrons. The van der Waals surface area contributed by atoms with Gasteiger partial charge >= 0.3 is 0 Å². The van der Waals surface area contributed by atoms with Gasteiger partial charge in [0.1, 0.15) is 5.69 Å². The zero-order valence-corrected chi connectivity index (χ0v) is 16.1. The van der Waals surface area contributed by atoms with Gasteiger partial charge in [-0.05, 0) is 36.1 Å². The van der Waals surface area contributed by atoms with Crippen LogP contribution >= 0.6 is 0 Å². The largest absolute Gasteiger partial charge is 0.368 e. The number of aromatic nitrogens is 1. The molecule has 27 heavy (non-hydrogen) atoms. The van der Waals surface area contributed by atoms with Crippen LogP contribution in [0.4, 0.5) is 11.4 Å². The Morgan fingerprint density at radius 2 is 1.93 bits per heavy atom. The van der Waals surface area contributed by atoms with E-state index in [1.165, 1.54) is 0 Å². The summed E-state index contributed by atoms with van der Waals surface area (Å²) in [6.45, 7) is 9.10. The number of nitrogens with one attached hydrogen (secondary N) is 1. The zero-order chi connectivity index (χ0) is 19.4. The van der Waals surface area contributed by atoms with Crippen LogP contribution < -0.4 is 10.2 Å². The highest BCUT2D eigenvalue weighted by atomic mass is 16.2. The standard InChI is InChI=1S/C21H26N4O2/c1-15(2)18-6-4-5-16(3)20(18)23-21(27)19-13-17(7-8-22-19)25-11-9-24(14-26)10-12-25/h4-8,13-15H,9-12H2,1-3H3,(H,23,27). The van der Waals surface area contributed by atoms with Crippen LogP contribution in [0.5, 0.6) is 0 Å². The van der Waals surface area contributed by atoms with Gasteiger partial charge in [-0.3, -0.25) is 14.6 Å². The molecule has 0 bridgehead atoms. The maximum Gasteiger partial charge on any atom is 0.274 e. The molecule has 1 saturated heterocycles. The maximum atomic E-state index is 12.8. The van der Waals surface area contributed by atoms with Crippen molar-refractivity contribution in [3.8, 4) is 0 Å². The van der Waals surface area contributed by atoms with Gasteiger partial charge < -0.3 is 15.1 Å². The molecule has 0 spiro atoms. The summed E-state index contributed by atoms with van der Waals surface area (Å²) >= 11 is 0. The molecule has 0 saturated carbocycles. The maximum absolute atomic E-state index is 12.8. The normalized spacial score (nSPS) is 14.4. The number of amides is 2. The molecule has 1 aromatic heterocycles. The number of rotatable bonds is 5. The summed E-state index contributed by atoms with van der Waals surface area (Å²) in [5.41, 5.74) is 4.36. The molecule has 6 nitrogen and oxygen atoms in total. The van der Waals surface area contributed by atoms with Crippen molar-refractivity contribution in [3.63, 3.8) is 0 Å². The number of anilines is 2. The quantitative estimate of drug-likeness (QED) is 0.826. The lowest BCUT2D eigenvalue weighted by atomic mass is 9.98. The highest BCUT2D eigenvalue weighted by molar-refractivity contribution is 6.04. The lowest BCUT2D eigenvalue weighted by Crippen LogP contribution is -2.45. The highest BCUT2D eigenvalue weighted by Crippen LogP contribution is 2.28. The Morgan fingerprint density at radius 3 is 2.59 bits per heavy atom. The van der Waals surface area contributed by atoms with E-state index in [9.17, 15) is 9.59 Å². The summed E-state index contributed by atoms with van der Waals surface area (Å²) in [4.78, 5) is 31.9. The van der Waals surface area contributed by atoms with Crippen LogP contribution in [0.15, 0.2) is 36.5 Å². The smallest absolute Gasteiger partial charge is 0.274 e. The van der Waals surface area contributed by atoms with E-state index in [2.05, 4.69) is 29.0 Å². The molecule has 2 aromatic rings. The van der Waals surface area contributed by atoms with E-state index in [4.69, 9.17) is 0 Å². The monoisotopic (exact) mass is 366 g/mol. The van der Waals surface area contributed by atoms with Gasteiger partial charge in [-0.25, -0.2) is 0 Å². The number of pyridine rings is 1. The fourth-order valence-electron chi connectivity index (χ4n) is 3.35. The summed E-state index contributed by atoms with van der Waals surface area (Å²) in [7, 11) is 0. The van der Waals surface area contributed by atoms with Gasteiger partial charge in [0, 0.05) is 43.8 Å². The van der Waals surface area contributed by atoms with Crippen LogP contribution in [-0.4, -0.2) is 48.4 Å². The summed E-state index contributed by atoms with van der Waals surface area (Å²) in [6, 6.07) is 9.78. The van der Waals surface area contributed by atoms with Crippen molar-refractivity contribution >= 4 is 23.7 Å². The molecule has 142 valence electrons. The molecule has 6 heteroatoms. The summed E-state index contributed by atoms with van der Waals surface area (Å²) in [5, 5.41) is 3.05. The topological polar surface area (TPSA) is 65.5 Å². The molecule has 0 unspecified atom stereocenters. The van der Waals surface area contributed by atoms with Crippen LogP contribution in [-0.2, 0) is 4.79 Å². The van der Waals surface area contributed by atoms with Crippen molar-refractivity contribution < 1.29 is 9.59 Å². The third-order valence-electron chi connectivity index (χ3n) is 4.97. The number of hydrogen-bond donors (Lipinski definition) is 1. The molecular formula is C21H26N4O2. The number of aryl methyl sites for hydroxylation is 1. The second-order valence-electron chi connectivity index (χ2n) is 7.18. The van der Waals surface area contributed by atoms with E-state index in [1.54, 1.807) is 11.1 Å². The lowest BCUT2D eigenvalue weighted by Gasteiger charge is -2.34. The molecule has 2 heterocycles. The molecule has 1 aliphatic rings. The number of nitrogens with zero attached hydrogens (tertiary/aromatic N) is 3. The van der Waals surface area contributed by atoms with E-state index < -0.39 is 0 Å². The highest BCUT2D eigenvalue weighted by Gasteiger charge is 2.18. The van der Waals surface area contributed by atoms with Crippen molar-refractivity contribution in [2.24, 2.45) is 0 Å². The Balaban J connectivity index is 1.78. The average Bonchev–Trinajstić information content (AvgIpc) is 2.69. The van der Waals surface area contributed by atoms with Gasteiger partial charge in [0.2, 0.25) is 6.41 Å². The second-order valence-corrected chi connectivity index (χ2v) is 7.18. The summed E-state index contributed by atoms with van der Waals surface area (Å²) in [5.74, 6) is 0.105. The number of carbonyl (C=O) groups is 2. The average molecular weight is 366 g/mol. The third-order valence-corrected chi connectivity index (χ3v) is 4.97. The molecule has 2 amide bonds. The van der Waals surface area contributed by atoms with Crippen LogP contribution in [0.25, 0.3) is 0 Å². The molecule has 0 aliphatic carbocycles. The van der Waals surface area contributed by atoms with E-state index in [1.807, 2.05) is 37.3 Å². The first-order valence-electron chi connectivity index (χ1n) is 9.31. The number of piperazine rings is 1. The molecule has 1 aliphatic heterocycles. The van der Waals surface area contributed by atoms with Crippen molar-refractivity contribution in [1.29, 1.82) is 0 Å². The fourth-order valence-corrected chi connectivity index (χ4v) is 3.35. The van der Waals surface area contributed by atoms with Crippen LogP contribution in [0.1, 0.15) is 41.4 Å². The Kier molecular flexibility index (Phi) is 5.74. The van der Waals surface area contributed by atoms with Gasteiger partial charge in [0.15, 0.2) is 0 Å². The minimum Gasteiger partial charge on any atom is -0.368 e. The van der Waals surface area contributed by atoms with Crippen molar-refractivity contribution in [1.82, 2.24) is 9.88 Å². The third kappa shape index (κ3) is 4.27. The molecule has 1 fully saturated rings. The summed E-state index contributed by atoms with van der Waals surface area (Å²) < 4.78 is 0. The first-order chi connectivity index (χ1) is 13.0. The Bertz CT molecular complexity index is 827. The molecule has 1 aromatic carbocycles. The van der Waals surface area contributed by atoms with Crippen LogP contribution in [0, 0.1) is 6.92 Å². The lowest BCUT2D eigenvalue weighted by molar-refractivity contribution is -0.118. The SMILES string of the molecule is Cc1cccc(C(C)C)c1NC(=O)c1cc(N2CCN(C=O)CC2)ccn1. The summed E-state index contributed by atoms with van der Waals surface area (Å²) in [6.07, 6.45) is 2.55. The Morgan fingerprint density at radius 1 is 1.19 bits per heavy atom. The Labute approximate surface area is 160 Å². The van der Waals surface area contributed by atoms with Gasteiger partial charge in [-0.2, -0.15) is 0 Å². The van der Waals surface area contributed by atoms with Crippen molar-refractivity contribution in [2.45, 2.75) is 26.7 Å². The fraction of sp³-hybridized carbons (Fsp3) is 0.381. The molecule has 1 N–H and O–H groups in total. The van der Waals surface area contributed by atoms with Crippen molar-refractivity contribution in [2.75, 3.05) is 36.4 Å². The number of carbonyl (C=O) groups excluding carboxylic acids is 2. The predicted octanol–water partition coefficient (Wildman–Crippen LogP) is 3.04. The van der Waals surface area contributed by atoms with Gasteiger partial charge in [0.25, 0.3) is 5.91 Å². The molecule has 0 atom stereocenters. The predicted molar refractivity (Wildman–Crippen MR) is 107 cm³/mol. The van der Waals surface area contributed by atoms with Gasteiger partial charge in [-0.1, -0.05) is 32.0 Å². The minimum atomic E-state index is -0.209. The first-order valence-corrected chi connectivity index (χ1v) is 9.31. The zero-order valence-electron chi connectivity index (χ0n) is 16.1. The van der Waals surface area contributed by atoms with E-state index >= 15 is 0 Å². The van der Waals surface area contributed by atoms with E-state index in [-0.39, 0.29) is 5.91 Å². The van der Waals surface area contributed by atoms with Crippen LogP contribution in [0.2, 0.25) is 0 Å². The molecule has 3 rings (SSSR count). The van der Waals surface area contributed by atoms with E-state index in [0.717, 1.165) is 42.0 Å². The first kappa shape index (κ1) is 18.9. The number of para-hydroxylation sites is 1. The van der Waals surface area contributed by atoms with Crippen molar-refractivity contribution in [3.05, 3.63) is 53.3 Å². The Hall–Kier alpha value is -2.89. The van der Waals surface area contributed by atoms with Gasteiger partial charge in [-0.15, -0.1) is 0 Å². The van der Waals surface area contributed by atoms with Crippen LogP contribution in [0.3, 0.4) is 0 Å².